The Balaban J connectivity index is 2.15. The summed E-state index contributed by atoms with van der Waals surface area (Å²) in [6.07, 6.45) is 8.67. The fraction of sp³-hybridized carbons (Fsp3) is 0.692. The molecular weight excluding hydrogens is 202 g/mol. The van der Waals surface area contributed by atoms with Gasteiger partial charge in [0, 0.05) is 11.8 Å². The molecule has 16 heavy (non-hydrogen) atoms. The molecule has 0 bridgehead atoms. The van der Waals surface area contributed by atoms with E-state index < -0.39 is 0 Å². The molecule has 1 saturated carbocycles. The highest BCUT2D eigenvalue weighted by atomic mass is 16.3. The van der Waals surface area contributed by atoms with Gasteiger partial charge >= 0.3 is 0 Å². The summed E-state index contributed by atoms with van der Waals surface area (Å²) in [5, 5.41) is 0. The van der Waals surface area contributed by atoms with Gasteiger partial charge in [-0.25, -0.2) is 4.98 Å². The lowest BCUT2D eigenvalue weighted by atomic mass is 9.61. The van der Waals surface area contributed by atoms with E-state index in [1.165, 1.54) is 12.8 Å². The van der Waals surface area contributed by atoms with E-state index in [2.05, 4.69) is 18.8 Å². The highest BCUT2D eigenvalue weighted by Gasteiger charge is 2.41. The van der Waals surface area contributed by atoms with Crippen molar-refractivity contribution in [1.82, 2.24) is 4.98 Å². The second-order valence-electron chi connectivity index (χ2n) is 5.18. The molecule has 1 aliphatic carbocycles. The molecule has 1 aliphatic rings. The Kier molecular flexibility index (Phi) is 3.13. The molecule has 0 amide bonds. The predicted molar refractivity (Wildman–Crippen MR) is 60.9 cm³/mol. The monoisotopic (exact) mass is 221 g/mol. The lowest BCUT2D eigenvalue weighted by Gasteiger charge is -2.42. The predicted octanol–water partition coefficient (Wildman–Crippen LogP) is 2.86. The second-order valence-corrected chi connectivity index (χ2v) is 5.18. The minimum absolute atomic E-state index is 0.203. The molecule has 0 N–H and O–H groups in total. The zero-order valence-electron chi connectivity index (χ0n) is 9.98. The average molecular weight is 221 g/mol. The van der Waals surface area contributed by atoms with Crippen LogP contribution in [0.15, 0.2) is 17.0 Å². The molecule has 0 radical (unpaired) electrons. The number of carbonyl (C=O) groups is 1. The van der Waals surface area contributed by atoms with Crippen LogP contribution in [0, 0.1) is 17.3 Å². The Morgan fingerprint density at radius 1 is 1.62 bits per heavy atom. The van der Waals surface area contributed by atoms with Gasteiger partial charge in [0.15, 0.2) is 6.39 Å². The number of oxazole rings is 1. The number of rotatable bonds is 3. The Hall–Kier alpha value is -1.12. The van der Waals surface area contributed by atoms with E-state index in [0.717, 1.165) is 31.3 Å². The number of hydrogen-bond acceptors (Lipinski definition) is 3. The van der Waals surface area contributed by atoms with Gasteiger partial charge in [-0.2, -0.15) is 0 Å². The summed E-state index contributed by atoms with van der Waals surface area (Å²) in [7, 11) is 0. The van der Waals surface area contributed by atoms with E-state index >= 15 is 0 Å². The third kappa shape index (κ3) is 1.91. The molecule has 3 nitrogen and oxygen atoms in total. The van der Waals surface area contributed by atoms with Crippen molar-refractivity contribution in [2.24, 2.45) is 17.3 Å². The molecule has 1 aromatic heterocycles. The van der Waals surface area contributed by atoms with Crippen molar-refractivity contribution in [3.8, 4) is 0 Å². The summed E-state index contributed by atoms with van der Waals surface area (Å²) in [5.74, 6) is 1.75. The minimum Gasteiger partial charge on any atom is -0.449 e. The van der Waals surface area contributed by atoms with Crippen LogP contribution in [0.4, 0.5) is 0 Å². The van der Waals surface area contributed by atoms with Crippen LogP contribution in [-0.4, -0.2) is 11.3 Å². The van der Waals surface area contributed by atoms with E-state index in [1.807, 2.05) is 0 Å². The van der Waals surface area contributed by atoms with Crippen LogP contribution in [-0.2, 0) is 11.2 Å². The Labute approximate surface area is 96.3 Å². The van der Waals surface area contributed by atoms with Gasteiger partial charge in [0.2, 0.25) is 0 Å². The van der Waals surface area contributed by atoms with Gasteiger partial charge in [0.1, 0.15) is 12.0 Å². The van der Waals surface area contributed by atoms with Gasteiger partial charge in [0.05, 0.1) is 6.20 Å². The van der Waals surface area contributed by atoms with Crippen LogP contribution in [0.2, 0.25) is 0 Å². The lowest BCUT2D eigenvalue weighted by Crippen LogP contribution is -2.40. The van der Waals surface area contributed by atoms with Crippen molar-refractivity contribution in [2.45, 2.75) is 39.5 Å². The molecule has 3 heteroatoms. The first-order valence-electron chi connectivity index (χ1n) is 6.00. The van der Waals surface area contributed by atoms with E-state index in [1.54, 1.807) is 6.20 Å². The standard InChI is InChI=1S/C13H19NO2/c1-10-4-3-5-11(13(10,2)8-15)6-12-7-14-9-16-12/h7-11H,3-6H2,1-2H3/t10-,11+,13+/m0/s1. The van der Waals surface area contributed by atoms with Gasteiger partial charge in [-0.05, 0) is 24.7 Å². The van der Waals surface area contributed by atoms with E-state index in [9.17, 15) is 4.79 Å². The highest BCUT2D eigenvalue weighted by Crippen LogP contribution is 2.45. The molecule has 1 fully saturated rings. The number of nitrogens with zero attached hydrogens (tertiary/aromatic N) is 1. The summed E-state index contributed by atoms with van der Waals surface area (Å²) in [6, 6.07) is 0. The van der Waals surface area contributed by atoms with Crippen molar-refractivity contribution in [3.63, 3.8) is 0 Å². The third-order valence-electron chi connectivity index (χ3n) is 4.32. The summed E-state index contributed by atoms with van der Waals surface area (Å²) in [5.41, 5.74) is -0.203. The maximum atomic E-state index is 11.4. The zero-order chi connectivity index (χ0) is 11.6. The minimum atomic E-state index is -0.203. The number of aldehydes is 1. The smallest absolute Gasteiger partial charge is 0.180 e. The quantitative estimate of drug-likeness (QED) is 0.737. The van der Waals surface area contributed by atoms with Crippen LogP contribution in [0.1, 0.15) is 38.9 Å². The first-order chi connectivity index (χ1) is 7.66. The maximum absolute atomic E-state index is 11.4. The summed E-state index contributed by atoms with van der Waals surface area (Å²) >= 11 is 0. The molecule has 0 aliphatic heterocycles. The summed E-state index contributed by atoms with van der Waals surface area (Å²) < 4.78 is 5.28. The Morgan fingerprint density at radius 2 is 2.44 bits per heavy atom. The molecule has 3 atom stereocenters. The van der Waals surface area contributed by atoms with E-state index in [4.69, 9.17) is 4.42 Å². The van der Waals surface area contributed by atoms with Crippen LogP contribution < -0.4 is 0 Å². The fourth-order valence-electron chi connectivity index (χ4n) is 2.81. The Morgan fingerprint density at radius 3 is 3.06 bits per heavy atom. The van der Waals surface area contributed by atoms with Gasteiger partial charge < -0.3 is 9.21 Å². The average Bonchev–Trinajstić information content (AvgIpc) is 2.78. The number of aromatic nitrogens is 1. The largest absolute Gasteiger partial charge is 0.449 e. The van der Waals surface area contributed by atoms with Gasteiger partial charge in [-0.3, -0.25) is 0 Å². The molecule has 88 valence electrons. The van der Waals surface area contributed by atoms with Crippen LogP contribution >= 0.6 is 0 Å². The first-order valence-corrected chi connectivity index (χ1v) is 6.00. The van der Waals surface area contributed by atoms with Crippen LogP contribution in [0.25, 0.3) is 0 Å². The van der Waals surface area contributed by atoms with Crippen molar-refractivity contribution in [3.05, 3.63) is 18.4 Å². The van der Waals surface area contributed by atoms with Gasteiger partial charge in [-0.1, -0.05) is 20.3 Å². The van der Waals surface area contributed by atoms with Gasteiger partial charge in [-0.15, -0.1) is 0 Å². The van der Waals surface area contributed by atoms with Crippen LogP contribution in [0.3, 0.4) is 0 Å². The SMILES string of the molecule is C[C@H]1CCC[C@H](Cc2cnco2)[C@]1(C)C=O. The van der Waals surface area contributed by atoms with Crippen molar-refractivity contribution in [1.29, 1.82) is 0 Å². The summed E-state index contributed by atoms with van der Waals surface area (Å²) in [6.45, 7) is 4.27. The molecule has 1 heterocycles. The zero-order valence-corrected chi connectivity index (χ0v) is 9.98. The molecule has 2 rings (SSSR count). The van der Waals surface area contributed by atoms with Crippen molar-refractivity contribution < 1.29 is 9.21 Å². The van der Waals surface area contributed by atoms with Crippen molar-refractivity contribution >= 4 is 6.29 Å². The molecule has 1 aromatic rings. The number of carbonyl (C=O) groups excluding carboxylic acids is 1. The molecule has 0 spiro atoms. The Bertz CT molecular complexity index is 347. The topological polar surface area (TPSA) is 43.1 Å². The lowest BCUT2D eigenvalue weighted by molar-refractivity contribution is -0.123. The summed E-state index contributed by atoms with van der Waals surface area (Å²) in [4.78, 5) is 15.3. The van der Waals surface area contributed by atoms with Crippen LogP contribution in [0.5, 0.6) is 0 Å². The maximum Gasteiger partial charge on any atom is 0.180 e. The van der Waals surface area contributed by atoms with Gasteiger partial charge in [0.25, 0.3) is 0 Å². The molecule has 0 saturated heterocycles. The molecule has 0 unspecified atom stereocenters. The first kappa shape index (κ1) is 11.4. The normalized spacial score (nSPS) is 34.9. The molecular formula is C13H19NO2. The van der Waals surface area contributed by atoms with E-state index in [0.29, 0.717) is 11.8 Å². The highest BCUT2D eigenvalue weighted by molar-refractivity contribution is 5.60. The number of hydrogen-bond donors (Lipinski definition) is 0. The van der Waals surface area contributed by atoms with Crippen molar-refractivity contribution in [2.75, 3.05) is 0 Å². The van der Waals surface area contributed by atoms with E-state index in [-0.39, 0.29) is 5.41 Å². The third-order valence-corrected chi connectivity index (χ3v) is 4.32. The second kappa shape index (κ2) is 4.40. The molecule has 0 aromatic carbocycles. The fourth-order valence-corrected chi connectivity index (χ4v) is 2.81.